The second-order valence-corrected chi connectivity index (χ2v) is 4.59. The average Bonchev–Trinajstić information content (AvgIpc) is 2.55. The summed E-state index contributed by atoms with van der Waals surface area (Å²) in [5.41, 5.74) is 1.23. The van der Waals surface area contributed by atoms with Gasteiger partial charge in [-0.25, -0.2) is 0 Å². The van der Waals surface area contributed by atoms with E-state index in [2.05, 4.69) is 5.32 Å². The molecular formula is C17H17NO3. The van der Waals surface area contributed by atoms with Gasteiger partial charge in [-0.1, -0.05) is 30.3 Å². The topological polar surface area (TPSA) is 55.4 Å². The molecule has 0 saturated carbocycles. The van der Waals surface area contributed by atoms with Gasteiger partial charge >= 0.3 is 0 Å². The molecule has 108 valence electrons. The lowest BCUT2D eigenvalue weighted by atomic mass is 10.0. The molecule has 1 amide bonds. The molecule has 21 heavy (non-hydrogen) atoms. The summed E-state index contributed by atoms with van der Waals surface area (Å²) < 4.78 is 5.48. The molecule has 2 rings (SSSR count). The van der Waals surface area contributed by atoms with Crippen LogP contribution in [0.4, 0.5) is 0 Å². The molecule has 0 aromatic heterocycles. The zero-order valence-corrected chi connectivity index (χ0v) is 12.0. The summed E-state index contributed by atoms with van der Waals surface area (Å²) in [7, 11) is 1.56. The summed E-state index contributed by atoms with van der Waals surface area (Å²) in [5.74, 6) is 0.316. The number of amides is 1. The van der Waals surface area contributed by atoms with Gasteiger partial charge in [0.25, 0.3) is 5.91 Å². The molecule has 0 aliphatic heterocycles. The Morgan fingerprint density at radius 1 is 0.952 bits per heavy atom. The lowest BCUT2D eigenvalue weighted by Crippen LogP contribution is -2.33. The van der Waals surface area contributed by atoms with E-state index in [0.29, 0.717) is 16.9 Å². The molecule has 0 aliphatic rings. The van der Waals surface area contributed by atoms with Crippen molar-refractivity contribution in [3.8, 4) is 5.75 Å². The van der Waals surface area contributed by atoms with Crippen LogP contribution in [0, 0.1) is 0 Å². The molecule has 0 spiro atoms. The third-order valence-corrected chi connectivity index (χ3v) is 3.08. The SMILES string of the molecule is CNC(=O)[C@H](C)Oc1ccc(C(=O)c2ccccc2)cc1. The van der Waals surface area contributed by atoms with Gasteiger partial charge in [-0.3, -0.25) is 9.59 Å². The van der Waals surface area contributed by atoms with Gasteiger partial charge in [-0.05, 0) is 31.2 Å². The normalized spacial score (nSPS) is 11.5. The molecule has 0 fully saturated rings. The molecule has 4 nitrogen and oxygen atoms in total. The van der Waals surface area contributed by atoms with Gasteiger partial charge in [0.1, 0.15) is 5.75 Å². The van der Waals surface area contributed by atoms with Crippen LogP contribution in [-0.4, -0.2) is 24.8 Å². The van der Waals surface area contributed by atoms with Crippen LogP contribution < -0.4 is 10.1 Å². The molecule has 0 radical (unpaired) electrons. The molecule has 0 heterocycles. The van der Waals surface area contributed by atoms with Gasteiger partial charge in [0.05, 0.1) is 0 Å². The summed E-state index contributed by atoms with van der Waals surface area (Å²) in [6.45, 7) is 1.67. The van der Waals surface area contributed by atoms with E-state index in [9.17, 15) is 9.59 Å². The van der Waals surface area contributed by atoms with Crippen molar-refractivity contribution in [3.63, 3.8) is 0 Å². The Morgan fingerprint density at radius 2 is 1.52 bits per heavy atom. The van der Waals surface area contributed by atoms with Crippen LogP contribution in [0.3, 0.4) is 0 Å². The minimum absolute atomic E-state index is 0.0403. The first-order chi connectivity index (χ1) is 10.1. The predicted octanol–water partition coefficient (Wildman–Crippen LogP) is 2.43. The zero-order chi connectivity index (χ0) is 15.2. The molecule has 2 aromatic carbocycles. The fourth-order valence-corrected chi connectivity index (χ4v) is 1.90. The molecular weight excluding hydrogens is 266 g/mol. The zero-order valence-electron chi connectivity index (χ0n) is 12.0. The van der Waals surface area contributed by atoms with E-state index >= 15 is 0 Å². The van der Waals surface area contributed by atoms with E-state index in [-0.39, 0.29) is 11.7 Å². The molecule has 1 N–H and O–H groups in total. The highest BCUT2D eigenvalue weighted by Gasteiger charge is 2.13. The second-order valence-electron chi connectivity index (χ2n) is 4.59. The minimum Gasteiger partial charge on any atom is -0.481 e. The molecule has 0 aliphatic carbocycles. The Hall–Kier alpha value is -2.62. The minimum atomic E-state index is -0.578. The largest absolute Gasteiger partial charge is 0.481 e. The summed E-state index contributed by atoms with van der Waals surface area (Å²) in [6, 6.07) is 15.9. The Balaban J connectivity index is 2.09. The third kappa shape index (κ3) is 3.69. The number of ether oxygens (including phenoxy) is 1. The molecule has 0 bridgehead atoms. The molecule has 0 saturated heterocycles. The summed E-state index contributed by atoms with van der Waals surface area (Å²) >= 11 is 0. The van der Waals surface area contributed by atoms with Crippen molar-refractivity contribution in [3.05, 3.63) is 65.7 Å². The van der Waals surface area contributed by atoms with Crippen LogP contribution in [0.25, 0.3) is 0 Å². The molecule has 1 atom stereocenters. The fourth-order valence-electron chi connectivity index (χ4n) is 1.90. The predicted molar refractivity (Wildman–Crippen MR) is 80.5 cm³/mol. The molecule has 4 heteroatoms. The Bertz CT molecular complexity index is 620. The second kappa shape index (κ2) is 6.70. The number of rotatable bonds is 5. The first-order valence-corrected chi connectivity index (χ1v) is 6.70. The number of carbonyl (C=O) groups is 2. The van der Waals surface area contributed by atoms with Crippen LogP contribution in [0.15, 0.2) is 54.6 Å². The Kier molecular flexibility index (Phi) is 4.72. The van der Waals surface area contributed by atoms with Crippen molar-refractivity contribution >= 4 is 11.7 Å². The van der Waals surface area contributed by atoms with E-state index in [1.165, 1.54) is 0 Å². The average molecular weight is 283 g/mol. The maximum Gasteiger partial charge on any atom is 0.260 e. The summed E-state index contributed by atoms with van der Waals surface area (Å²) in [4.78, 5) is 23.6. The van der Waals surface area contributed by atoms with Gasteiger partial charge < -0.3 is 10.1 Å². The van der Waals surface area contributed by atoms with Crippen LogP contribution >= 0.6 is 0 Å². The van der Waals surface area contributed by atoms with E-state index in [1.54, 1.807) is 50.4 Å². The quantitative estimate of drug-likeness (QED) is 0.857. The van der Waals surface area contributed by atoms with E-state index in [4.69, 9.17) is 4.74 Å². The highest BCUT2D eigenvalue weighted by Crippen LogP contribution is 2.16. The number of hydrogen-bond acceptors (Lipinski definition) is 3. The number of benzene rings is 2. The monoisotopic (exact) mass is 283 g/mol. The first kappa shape index (κ1) is 14.8. The van der Waals surface area contributed by atoms with Crippen molar-refractivity contribution < 1.29 is 14.3 Å². The van der Waals surface area contributed by atoms with Crippen molar-refractivity contribution in [1.82, 2.24) is 5.32 Å². The van der Waals surface area contributed by atoms with Crippen molar-refractivity contribution in [1.29, 1.82) is 0 Å². The van der Waals surface area contributed by atoms with Crippen molar-refractivity contribution in [2.45, 2.75) is 13.0 Å². The van der Waals surface area contributed by atoms with Gasteiger partial charge in [0.2, 0.25) is 0 Å². The highest BCUT2D eigenvalue weighted by atomic mass is 16.5. The van der Waals surface area contributed by atoms with Crippen LogP contribution in [0.1, 0.15) is 22.8 Å². The summed E-state index contributed by atoms with van der Waals surface area (Å²) in [5, 5.41) is 2.52. The van der Waals surface area contributed by atoms with Crippen molar-refractivity contribution in [2.24, 2.45) is 0 Å². The van der Waals surface area contributed by atoms with E-state index in [0.717, 1.165) is 0 Å². The van der Waals surface area contributed by atoms with Gasteiger partial charge in [0, 0.05) is 18.2 Å². The Labute approximate surface area is 123 Å². The van der Waals surface area contributed by atoms with E-state index < -0.39 is 6.10 Å². The third-order valence-electron chi connectivity index (χ3n) is 3.08. The van der Waals surface area contributed by atoms with Gasteiger partial charge in [-0.2, -0.15) is 0 Å². The number of likely N-dealkylation sites (N-methyl/N-ethyl adjacent to an activating group) is 1. The van der Waals surface area contributed by atoms with Gasteiger partial charge in [-0.15, -0.1) is 0 Å². The summed E-state index contributed by atoms with van der Waals surface area (Å²) in [6.07, 6.45) is -0.578. The number of ketones is 1. The molecule has 2 aromatic rings. The smallest absolute Gasteiger partial charge is 0.260 e. The standard InChI is InChI=1S/C17H17NO3/c1-12(17(20)18-2)21-15-10-8-14(9-11-15)16(19)13-6-4-3-5-7-13/h3-12H,1-2H3,(H,18,20)/t12-/m0/s1. The maximum absolute atomic E-state index is 12.2. The molecule has 0 unspecified atom stereocenters. The lowest BCUT2D eigenvalue weighted by molar-refractivity contribution is -0.126. The fraction of sp³-hybridized carbons (Fsp3) is 0.176. The number of carbonyl (C=O) groups excluding carboxylic acids is 2. The van der Waals surface area contributed by atoms with Crippen LogP contribution in [0.2, 0.25) is 0 Å². The number of hydrogen-bond donors (Lipinski definition) is 1. The van der Waals surface area contributed by atoms with Crippen LogP contribution in [0.5, 0.6) is 5.75 Å². The lowest BCUT2D eigenvalue weighted by Gasteiger charge is -2.13. The van der Waals surface area contributed by atoms with E-state index in [1.807, 2.05) is 18.2 Å². The Morgan fingerprint density at radius 3 is 2.10 bits per heavy atom. The van der Waals surface area contributed by atoms with Crippen LogP contribution in [-0.2, 0) is 4.79 Å². The maximum atomic E-state index is 12.2. The van der Waals surface area contributed by atoms with Crippen molar-refractivity contribution in [2.75, 3.05) is 7.05 Å². The highest BCUT2D eigenvalue weighted by molar-refractivity contribution is 6.08. The number of nitrogens with one attached hydrogen (secondary N) is 1. The first-order valence-electron chi connectivity index (χ1n) is 6.70. The van der Waals surface area contributed by atoms with Gasteiger partial charge in [0.15, 0.2) is 11.9 Å².